The van der Waals surface area contributed by atoms with Gasteiger partial charge in [0.2, 0.25) is 0 Å². The number of rotatable bonds is 7. The number of imidazole rings is 1. The number of benzene rings is 3. The number of aromatic carboxylic acids is 1. The number of fused-ring (bicyclic) bond motifs is 1. The summed E-state index contributed by atoms with van der Waals surface area (Å²) >= 11 is 0. The standard InChI is InChI=1S/C25H18FN3O4/c1-32-23-11-16(4-9-22(23)33-14-15-2-5-17(6-3-15)25(30)31)10-18(13-27)24-28-20-8-7-19(26)12-21(20)29-24/h2-12H,14H2,1H3,(H,28,29)(H,30,31)/b18-10-. The molecule has 0 atom stereocenters. The number of carboxylic acid groups (broad SMARTS) is 1. The molecule has 2 N–H and O–H groups in total. The Morgan fingerprint density at radius 3 is 2.64 bits per heavy atom. The molecule has 0 aliphatic carbocycles. The first-order valence-corrected chi connectivity index (χ1v) is 9.87. The van der Waals surface area contributed by atoms with Gasteiger partial charge in [0.15, 0.2) is 11.5 Å². The molecule has 0 saturated heterocycles. The smallest absolute Gasteiger partial charge is 0.335 e. The third-order valence-electron chi connectivity index (χ3n) is 4.91. The summed E-state index contributed by atoms with van der Waals surface area (Å²) in [5, 5.41) is 18.6. The molecule has 4 aromatic rings. The van der Waals surface area contributed by atoms with Crippen molar-refractivity contribution < 1.29 is 23.8 Å². The van der Waals surface area contributed by atoms with E-state index in [0.29, 0.717) is 33.9 Å². The summed E-state index contributed by atoms with van der Waals surface area (Å²) in [6.45, 7) is 0.227. The van der Waals surface area contributed by atoms with Crippen LogP contribution in [0.2, 0.25) is 0 Å². The van der Waals surface area contributed by atoms with Gasteiger partial charge in [-0.3, -0.25) is 0 Å². The molecule has 3 aromatic carbocycles. The highest BCUT2D eigenvalue weighted by Gasteiger charge is 2.11. The first-order chi connectivity index (χ1) is 16.0. The van der Waals surface area contributed by atoms with Crippen LogP contribution in [0, 0.1) is 17.1 Å². The van der Waals surface area contributed by atoms with Gasteiger partial charge < -0.3 is 19.6 Å². The third-order valence-corrected chi connectivity index (χ3v) is 4.91. The number of methoxy groups -OCH3 is 1. The van der Waals surface area contributed by atoms with Gasteiger partial charge in [-0.25, -0.2) is 14.2 Å². The lowest BCUT2D eigenvalue weighted by Gasteiger charge is -2.12. The minimum atomic E-state index is -0.987. The quantitative estimate of drug-likeness (QED) is 0.387. The number of aromatic amines is 1. The lowest BCUT2D eigenvalue weighted by atomic mass is 10.1. The molecular formula is C25H18FN3O4. The Bertz CT molecular complexity index is 1400. The topological polar surface area (TPSA) is 108 Å². The van der Waals surface area contributed by atoms with Crippen LogP contribution < -0.4 is 9.47 Å². The first-order valence-electron chi connectivity index (χ1n) is 9.87. The van der Waals surface area contributed by atoms with Gasteiger partial charge >= 0.3 is 5.97 Å². The van der Waals surface area contributed by atoms with Crippen molar-refractivity contribution >= 4 is 28.7 Å². The average Bonchev–Trinajstić information content (AvgIpc) is 3.24. The molecule has 0 saturated carbocycles. The van der Waals surface area contributed by atoms with Crippen LogP contribution >= 0.6 is 0 Å². The number of nitrogens with zero attached hydrogens (tertiary/aromatic N) is 2. The normalized spacial score (nSPS) is 11.2. The molecule has 164 valence electrons. The number of H-pyrrole nitrogens is 1. The van der Waals surface area contributed by atoms with Gasteiger partial charge in [-0.1, -0.05) is 18.2 Å². The van der Waals surface area contributed by atoms with E-state index in [9.17, 15) is 14.4 Å². The fourth-order valence-electron chi connectivity index (χ4n) is 3.23. The monoisotopic (exact) mass is 443 g/mol. The Balaban J connectivity index is 1.55. The van der Waals surface area contributed by atoms with Crippen molar-refractivity contribution in [1.82, 2.24) is 9.97 Å². The van der Waals surface area contributed by atoms with Gasteiger partial charge in [-0.2, -0.15) is 5.26 Å². The first kappa shape index (κ1) is 21.6. The SMILES string of the molecule is COc1cc(/C=C(/C#N)c2nc3ccc(F)cc3[nH]2)ccc1OCc1ccc(C(=O)O)cc1. The molecule has 1 heterocycles. The Labute approximate surface area is 188 Å². The second-order valence-corrected chi connectivity index (χ2v) is 7.12. The number of carbonyl (C=O) groups is 1. The van der Waals surface area contributed by atoms with Crippen LogP contribution in [0.3, 0.4) is 0 Å². The van der Waals surface area contributed by atoms with E-state index in [1.807, 2.05) is 0 Å². The number of carboxylic acids is 1. The van der Waals surface area contributed by atoms with Crippen molar-refractivity contribution in [2.75, 3.05) is 7.11 Å². The van der Waals surface area contributed by atoms with E-state index in [1.54, 1.807) is 42.5 Å². The molecule has 0 aliphatic rings. The Morgan fingerprint density at radius 1 is 1.15 bits per heavy atom. The summed E-state index contributed by atoms with van der Waals surface area (Å²) in [5.41, 5.74) is 3.04. The fourth-order valence-corrected chi connectivity index (χ4v) is 3.23. The third kappa shape index (κ3) is 4.83. The predicted molar refractivity (Wildman–Crippen MR) is 120 cm³/mol. The molecule has 1 aromatic heterocycles. The molecule has 0 spiro atoms. The number of nitriles is 1. The second-order valence-electron chi connectivity index (χ2n) is 7.12. The highest BCUT2D eigenvalue weighted by Crippen LogP contribution is 2.30. The van der Waals surface area contributed by atoms with Gasteiger partial charge in [0.25, 0.3) is 0 Å². The lowest BCUT2D eigenvalue weighted by Crippen LogP contribution is -2.00. The largest absolute Gasteiger partial charge is 0.493 e. The maximum atomic E-state index is 13.4. The summed E-state index contributed by atoms with van der Waals surface area (Å²) in [6.07, 6.45) is 1.64. The maximum absolute atomic E-state index is 13.4. The van der Waals surface area contributed by atoms with Crippen molar-refractivity contribution in [3.63, 3.8) is 0 Å². The molecule has 0 bridgehead atoms. The summed E-state index contributed by atoms with van der Waals surface area (Å²) < 4.78 is 24.7. The van der Waals surface area contributed by atoms with Crippen LogP contribution in [0.1, 0.15) is 27.3 Å². The average molecular weight is 443 g/mol. The molecule has 0 fully saturated rings. The molecule has 0 aliphatic heterocycles. The van der Waals surface area contributed by atoms with Crippen LogP contribution in [0.4, 0.5) is 4.39 Å². The van der Waals surface area contributed by atoms with Gasteiger partial charge in [0, 0.05) is 0 Å². The van der Waals surface area contributed by atoms with Crippen LogP contribution in [-0.4, -0.2) is 28.2 Å². The predicted octanol–water partition coefficient (Wildman–Crippen LogP) is 5.05. The van der Waals surface area contributed by atoms with Gasteiger partial charge in [0.05, 0.1) is 29.3 Å². The second kappa shape index (κ2) is 9.24. The van der Waals surface area contributed by atoms with Gasteiger partial charge in [-0.15, -0.1) is 0 Å². The molecule has 0 unspecified atom stereocenters. The molecule has 8 heteroatoms. The van der Waals surface area contributed by atoms with Crippen molar-refractivity contribution in [3.8, 4) is 17.6 Å². The van der Waals surface area contributed by atoms with Crippen LogP contribution in [0.5, 0.6) is 11.5 Å². The maximum Gasteiger partial charge on any atom is 0.335 e. The zero-order valence-electron chi connectivity index (χ0n) is 17.5. The van der Waals surface area contributed by atoms with Crippen molar-refractivity contribution in [2.24, 2.45) is 0 Å². The lowest BCUT2D eigenvalue weighted by molar-refractivity contribution is 0.0697. The number of aromatic nitrogens is 2. The zero-order chi connectivity index (χ0) is 23.4. The van der Waals surface area contributed by atoms with E-state index < -0.39 is 11.8 Å². The number of hydrogen-bond donors (Lipinski definition) is 2. The van der Waals surface area contributed by atoms with Crippen molar-refractivity contribution in [2.45, 2.75) is 6.61 Å². The number of hydrogen-bond acceptors (Lipinski definition) is 5. The van der Waals surface area contributed by atoms with Gasteiger partial charge in [0.1, 0.15) is 24.3 Å². The van der Waals surface area contributed by atoms with E-state index in [1.165, 1.54) is 31.4 Å². The number of nitrogens with one attached hydrogen (secondary N) is 1. The van der Waals surface area contributed by atoms with Crippen LogP contribution in [0.25, 0.3) is 22.7 Å². The number of allylic oxidation sites excluding steroid dienone is 1. The van der Waals surface area contributed by atoms with Crippen LogP contribution in [-0.2, 0) is 6.61 Å². The Kier molecular flexibility index (Phi) is 6.04. The fraction of sp³-hybridized carbons (Fsp3) is 0.0800. The van der Waals surface area contributed by atoms with E-state index in [0.717, 1.165) is 5.56 Å². The Hall–Kier alpha value is -4.64. The van der Waals surface area contributed by atoms with E-state index in [-0.39, 0.29) is 17.7 Å². The molecule has 0 radical (unpaired) electrons. The summed E-state index contributed by atoms with van der Waals surface area (Å²) in [4.78, 5) is 18.3. The summed E-state index contributed by atoms with van der Waals surface area (Å²) in [6, 6.07) is 17.9. The van der Waals surface area contributed by atoms with Crippen LogP contribution in [0.15, 0.2) is 60.7 Å². The minimum absolute atomic E-state index is 0.204. The summed E-state index contributed by atoms with van der Waals surface area (Å²) in [5.74, 6) is -0.0792. The highest BCUT2D eigenvalue weighted by atomic mass is 19.1. The minimum Gasteiger partial charge on any atom is -0.493 e. The summed E-state index contributed by atoms with van der Waals surface area (Å²) in [7, 11) is 1.51. The van der Waals surface area contributed by atoms with Crippen molar-refractivity contribution in [1.29, 1.82) is 5.26 Å². The molecule has 4 rings (SSSR count). The van der Waals surface area contributed by atoms with Gasteiger partial charge in [-0.05, 0) is 59.7 Å². The molecule has 0 amide bonds. The highest BCUT2D eigenvalue weighted by molar-refractivity contribution is 5.90. The molecule has 7 nitrogen and oxygen atoms in total. The number of ether oxygens (including phenoxy) is 2. The molecular weight excluding hydrogens is 425 g/mol. The molecule has 33 heavy (non-hydrogen) atoms. The van der Waals surface area contributed by atoms with Crippen molar-refractivity contribution in [3.05, 3.63) is 89.0 Å². The number of halogens is 1. The Morgan fingerprint density at radius 2 is 1.94 bits per heavy atom. The van der Waals surface area contributed by atoms with E-state index >= 15 is 0 Å². The van der Waals surface area contributed by atoms with E-state index in [2.05, 4.69) is 16.0 Å². The zero-order valence-corrected chi connectivity index (χ0v) is 17.5. The van der Waals surface area contributed by atoms with E-state index in [4.69, 9.17) is 14.6 Å².